The van der Waals surface area contributed by atoms with Gasteiger partial charge in [-0.3, -0.25) is 4.68 Å². The molecule has 0 aliphatic heterocycles. The predicted molar refractivity (Wildman–Crippen MR) is 79.4 cm³/mol. The summed E-state index contributed by atoms with van der Waals surface area (Å²) in [5, 5.41) is 11.7. The molecule has 0 amide bonds. The zero-order valence-corrected chi connectivity index (χ0v) is 13.4. The number of nitrogens with zero attached hydrogens (tertiary/aromatic N) is 3. The third-order valence-electron chi connectivity index (χ3n) is 4.84. The molecule has 1 heterocycles. The second-order valence-corrected chi connectivity index (χ2v) is 6.71. The number of methoxy groups -OCH3 is 1. The van der Waals surface area contributed by atoms with Crippen molar-refractivity contribution in [2.45, 2.75) is 58.1 Å². The molecule has 1 aromatic rings. The molecule has 20 heavy (non-hydrogen) atoms. The van der Waals surface area contributed by atoms with Gasteiger partial charge in [0.15, 0.2) is 0 Å². The fourth-order valence-corrected chi connectivity index (χ4v) is 3.28. The van der Waals surface area contributed by atoms with E-state index in [1.165, 1.54) is 12.8 Å². The third-order valence-corrected chi connectivity index (χ3v) is 4.84. The molecule has 1 aromatic heterocycles. The summed E-state index contributed by atoms with van der Waals surface area (Å²) in [6.45, 7) is 7.73. The minimum Gasteiger partial charge on any atom is -0.376 e. The summed E-state index contributed by atoms with van der Waals surface area (Å²) in [6.07, 6.45) is 6.37. The molecule has 0 saturated heterocycles. The minimum atomic E-state index is -0.152. The van der Waals surface area contributed by atoms with Crippen LogP contribution in [0.1, 0.15) is 58.2 Å². The molecule has 5 nitrogen and oxygen atoms in total. The largest absolute Gasteiger partial charge is 0.376 e. The van der Waals surface area contributed by atoms with Crippen LogP contribution in [0.4, 0.5) is 0 Å². The number of likely N-dealkylation sites (N-methyl/N-ethyl adjacent to an activating group) is 1. The van der Waals surface area contributed by atoms with Crippen LogP contribution in [0.15, 0.2) is 6.20 Å². The first kappa shape index (κ1) is 15.4. The molecule has 1 aliphatic carbocycles. The van der Waals surface area contributed by atoms with Gasteiger partial charge >= 0.3 is 0 Å². The maximum atomic E-state index is 6.03. The first-order chi connectivity index (χ1) is 9.44. The Morgan fingerprint density at radius 1 is 1.35 bits per heavy atom. The van der Waals surface area contributed by atoms with E-state index in [9.17, 15) is 0 Å². The van der Waals surface area contributed by atoms with Crippen LogP contribution in [0.5, 0.6) is 0 Å². The van der Waals surface area contributed by atoms with Crippen LogP contribution in [0.3, 0.4) is 0 Å². The average Bonchev–Trinajstić information content (AvgIpc) is 2.83. The second kappa shape index (κ2) is 5.82. The van der Waals surface area contributed by atoms with E-state index < -0.39 is 0 Å². The smallest absolute Gasteiger partial charge is 0.0888 e. The van der Waals surface area contributed by atoms with E-state index in [4.69, 9.17) is 4.74 Å². The zero-order valence-electron chi connectivity index (χ0n) is 13.4. The molecule has 1 atom stereocenters. The Bertz CT molecular complexity index is 431. The molecular formula is C15H28N4O. The fourth-order valence-electron chi connectivity index (χ4n) is 3.28. The van der Waals surface area contributed by atoms with Crippen molar-refractivity contribution in [3.05, 3.63) is 11.9 Å². The summed E-state index contributed by atoms with van der Waals surface area (Å²) in [4.78, 5) is 0. The highest BCUT2D eigenvalue weighted by atomic mass is 16.5. The van der Waals surface area contributed by atoms with Gasteiger partial charge in [0, 0.05) is 14.2 Å². The van der Waals surface area contributed by atoms with Gasteiger partial charge in [0.2, 0.25) is 0 Å². The van der Waals surface area contributed by atoms with Crippen LogP contribution in [0.2, 0.25) is 0 Å². The summed E-state index contributed by atoms with van der Waals surface area (Å²) in [7, 11) is 3.79. The van der Waals surface area contributed by atoms with Gasteiger partial charge in [0.25, 0.3) is 0 Å². The van der Waals surface area contributed by atoms with Crippen LogP contribution >= 0.6 is 0 Å². The number of ether oxygens (including phenoxy) is 1. The Labute approximate surface area is 122 Å². The number of aromatic nitrogens is 3. The Morgan fingerprint density at radius 2 is 2.00 bits per heavy atom. The number of hydrogen-bond acceptors (Lipinski definition) is 4. The number of nitrogens with one attached hydrogen (secondary N) is 1. The van der Waals surface area contributed by atoms with Gasteiger partial charge in [-0.25, -0.2) is 0 Å². The van der Waals surface area contributed by atoms with E-state index in [1.807, 2.05) is 25.0 Å². The van der Waals surface area contributed by atoms with Gasteiger partial charge in [-0.15, -0.1) is 5.10 Å². The molecule has 1 saturated carbocycles. The number of aryl methyl sites for hydroxylation is 1. The Hall–Kier alpha value is -0.940. The molecule has 1 aliphatic rings. The van der Waals surface area contributed by atoms with Crippen molar-refractivity contribution in [1.29, 1.82) is 0 Å². The lowest BCUT2D eigenvalue weighted by molar-refractivity contribution is -0.0888. The van der Waals surface area contributed by atoms with Crippen LogP contribution in [-0.2, 0) is 11.8 Å². The number of rotatable bonds is 5. The Balaban J connectivity index is 2.29. The first-order valence-electron chi connectivity index (χ1n) is 7.57. The van der Waals surface area contributed by atoms with Gasteiger partial charge < -0.3 is 10.1 Å². The minimum absolute atomic E-state index is 0.147. The molecular weight excluding hydrogens is 252 g/mol. The standard InChI is InChI=1S/C15H28N4O/c1-6-16-13(12-11-17-18-19(12)4)15(20-5)9-7-14(2,3)8-10-15/h11,13,16H,6-10H2,1-5H3. The molecule has 0 bridgehead atoms. The average molecular weight is 280 g/mol. The van der Waals surface area contributed by atoms with Crippen molar-refractivity contribution in [2.75, 3.05) is 13.7 Å². The summed E-state index contributed by atoms with van der Waals surface area (Å²) < 4.78 is 7.89. The Morgan fingerprint density at radius 3 is 2.45 bits per heavy atom. The van der Waals surface area contributed by atoms with Crippen molar-refractivity contribution in [3.63, 3.8) is 0 Å². The van der Waals surface area contributed by atoms with E-state index in [-0.39, 0.29) is 11.6 Å². The SMILES string of the molecule is CCNC(c1cnnn1C)C1(OC)CCC(C)(C)CC1. The second-order valence-electron chi connectivity index (χ2n) is 6.71. The van der Waals surface area contributed by atoms with Gasteiger partial charge in [0.05, 0.1) is 23.5 Å². The summed E-state index contributed by atoms with van der Waals surface area (Å²) in [6, 6.07) is 0.147. The van der Waals surface area contributed by atoms with Gasteiger partial charge in [-0.05, 0) is 37.6 Å². The van der Waals surface area contributed by atoms with Crippen molar-refractivity contribution >= 4 is 0 Å². The molecule has 0 aromatic carbocycles. The van der Waals surface area contributed by atoms with Crippen LogP contribution in [0.25, 0.3) is 0 Å². The van der Waals surface area contributed by atoms with Crippen molar-refractivity contribution in [2.24, 2.45) is 12.5 Å². The molecule has 0 radical (unpaired) electrons. The lowest BCUT2D eigenvalue weighted by Crippen LogP contribution is -2.49. The lowest BCUT2D eigenvalue weighted by atomic mass is 9.68. The molecule has 0 spiro atoms. The Kier molecular flexibility index (Phi) is 4.49. The highest BCUT2D eigenvalue weighted by molar-refractivity contribution is 5.12. The third kappa shape index (κ3) is 2.88. The maximum Gasteiger partial charge on any atom is 0.0888 e. The molecule has 1 N–H and O–H groups in total. The van der Waals surface area contributed by atoms with Gasteiger partial charge in [-0.1, -0.05) is 26.0 Å². The predicted octanol–water partition coefficient (Wildman–Crippen LogP) is 2.45. The van der Waals surface area contributed by atoms with E-state index >= 15 is 0 Å². The van der Waals surface area contributed by atoms with E-state index in [0.717, 1.165) is 25.1 Å². The molecule has 2 rings (SSSR count). The summed E-state index contributed by atoms with van der Waals surface area (Å²) in [5.41, 5.74) is 1.37. The molecule has 1 unspecified atom stereocenters. The maximum absolute atomic E-state index is 6.03. The van der Waals surface area contributed by atoms with Crippen molar-refractivity contribution in [1.82, 2.24) is 20.3 Å². The summed E-state index contributed by atoms with van der Waals surface area (Å²) >= 11 is 0. The lowest BCUT2D eigenvalue weighted by Gasteiger charge is -2.47. The quantitative estimate of drug-likeness (QED) is 0.900. The van der Waals surface area contributed by atoms with Crippen LogP contribution < -0.4 is 5.32 Å². The monoisotopic (exact) mass is 280 g/mol. The topological polar surface area (TPSA) is 52.0 Å². The van der Waals surface area contributed by atoms with E-state index in [0.29, 0.717) is 5.41 Å². The highest BCUT2D eigenvalue weighted by Gasteiger charge is 2.45. The normalized spacial score (nSPS) is 22.6. The van der Waals surface area contributed by atoms with E-state index in [1.54, 1.807) is 0 Å². The van der Waals surface area contributed by atoms with Crippen molar-refractivity contribution < 1.29 is 4.74 Å². The highest BCUT2D eigenvalue weighted by Crippen LogP contribution is 2.47. The molecule has 114 valence electrons. The summed E-state index contributed by atoms with van der Waals surface area (Å²) in [5.74, 6) is 0. The van der Waals surface area contributed by atoms with E-state index in [2.05, 4.69) is 36.4 Å². The first-order valence-corrected chi connectivity index (χ1v) is 7.57. The van der Waals surface area contributed by atoms with Crippen molar-refractivity contribution in [3.8, 4) is 0 Å². The van der Waals surface area contributed by atoms with Crippen LogP contribution in [0, 0.1) is 5.41 Å². The van der Waals surface area contributed by atoms with Gasteiger partial charge in [0.1, 0.15) is 0 Å². The molecule has 5 heteroatoms. The zero-order chi connectivity index (χ0) is 14.8. The molecule has 1 fully saturated rings. The fraction of sp³-hybridized carbons (Fsp3) is 0.867. The number of hydrogen-bond donors (Lipinski definition) is 1. The van der Waals surface area contributed by atoms with Gasteiger partial charge in [-0.2, -0.15) is 0 Å². The van der Waals surface area contributed by atoms with Crippen LogP contribution in [-0.4, -0.2) is 34.2 Å².